The number of amides is 1. The smallest absolute Gasteiger partial charge is 0.317 e. The van der Waals surface area contributed by atoms with Gasteiger partial charge in [0.1, 0.15) is 5.04 Å². The number of nitrogens with one attached hydrogen (secondary N) is 1. The van der Waals surface area contributed by atoms with Crippen LogP contribution in [0.25, 0.3) is 0 Å². The number of thioether (sulfide) groups is 1. The number of nitrogens with zero attached hydrogens (tertiary/aromatic N) is 2. The van der Waals surface area contributed by atoms with E-state index in [-0.39, 0.29) is 16.8 Å². The molecule has 0 unspecified atom stereocenters. The molecule has 1 amide bonds. The molecule has 25 heavy (non-hydrogen) atoms. The summed E-state index contributed by atoms with van der Waals surface area (Å²) in [6, 6.07) is 0. The van der Waals surface area contributed by atoms with Gasteiger partial charge in [-0.15, -0.1) is 11.8 Å². The predicted octanol–water partition coefficient (Wildman–Crippen LogP) is 4.41. The molecule has 1 aliphatic heterocycles. The summed E-state index contributed by atoms with van der Waals surface area (Å²) >= 11 is 8.48. The first-order valence-electron chi connectivity index (χ1n) is 7.76. The maximum Gasteiger partial charge on any atom is 0.434 e. The second-order valence-corrected chi connectivity index (χ2v) is 12.7. The fraction of sp³-hybridized carbons (Fsp3) is 0.857. The van der Waals surface area contributed by atoms with Gasteiger partial charge in [0.25, 0.3) is 6.64 Å². The highest BCUT2D eigenvalue weighted by molar-refractivity contribution is 8.15. The van der Waals surface area contributed by atoms with Gasteiger partial charge in [-0.3, -0.25) is 4.84 Å². The molecular weight excluding hydrogens is 401 g/mol. The number of hydrogen-bond donors (Lipinski definition) is 1. The van der Waals surface area contributed by atoms with E-state index in [9.17, 15) is 4.79 Å². The molecule has 11 heteroatoms. The number of carbonyl (C=O) groups excluding carboxylic acids is 1. The van der Waals surface area contributed by atoms with Crippen LogP contribution in [0.2, 0.25) is 0 Å². The van der Waals surface area contributed by atoms with E-state index in [0.29, 0.717) is 18.3 Å². The average Bonchev–Trinajstić information content (AvgIpc) is 2.51. The summed E-state index contributed by atoms with van der Waals surface area (Å²) < 4.78 is 13.9. The van der Waals surface area contributed by atoms with Crippen molar-refractivity contribution >= 4 is 53.3 Å². The van der Waals surface area contributed by atoms with Gasteiger partial charge in [-0.25, -0.2) is 4.79 Å². The van der Waals surface area contributed by atoms with Gasteiger partial charge >= 0.3 is 6.09 Å². The highest BCUT2D eigenvalue weighted by Crippen LogP contribution is 2.62. The molecule has 0 aromatic rings. The van der Waals surface area contributed by atoms with Gasteiger partial charge in [-0.2, -0.15) is 4.08 Å². The fourth-order valence-corrected chi connectivity index (χ4v) is 7.00. The molecule has 0 saturated carbocycles. The lowest BCUT2D eigenvalue weighted by Crippen LogP contribution is -2.40. The van der Waals surface area contributed by atoms with Crippen LogP contribution in [0, 0.1) is 5.41 Å². The van der Waals surface area contributed by atoms with Crippen LogP contribution < -0.4 is 5.32 Å². The zero-order chi connectivity index (χ0) is 19.3. The molecule has 0 radical (unpaired) electrons. The molecule has 0 aromatic heterocycles. The van der Waals surface area contributed by atoms with Crippen LogP contribution in [0.5, 0.6) is 0 Å². The lowest BCUT2D eigenvalue weighted by atomic mass is 9.97. The van der Waals surface area contributed by atoms with Crippen LogP contribution in [0.3, 0.4) is 0 Å². The Morgan fingerprint density at radius 1 is 1.40 bits per heavy atom. The summed E-state index contributed by atoms with van der Waals surface area (Å²) in [4.78, 5) is 16.4. The molecular formula is C14H28N3O4PS3. The maximum atomic E-state index is 11.7. The lowest BCUT2D eigenvalue weighted by Gasteiger charge is -2.45. The van der Waals surface area contributed by atoms with Gasteiger partial charge in [0.2, 0.25) is 0 Å². The van der Waals surface area contributed by atoms with Crippen LogP contribution in [-0.2, 0) is 25.7 Å². The summed E-state index contributed by atoms with van der Waals surface area (Å²) in [6.07, 6.45) is 1.24. The third-order valence-electron chi connectivity index (χ3n) is 2.99. The Morgan fingerprint density at radius 2 is 1.96 bits per heavy atom. The van der Waals surface area contributed by atoms with Gasteiger partial charge in [-0.1, -0.05) is 19.0 Å². The number of hydrogen-bond acceptors (Lipinski definition) is 8. The fourth-order valence-electron chi connectivity index (χ4n) is 1.66. The average molecular weight is 430 g/mol. The van der Waals surface area contributed by atoms with E-state index in [2.05, 4.69) is 24.3 Å². The van der Waals surface area contributed by atoms with Crippen molar-refractivity contribution in [3.8, 4) is 0 Å². The van der Waals surface area contributed by atoms with Crippen LogP contribution in [0.15, 0.2) is 5.16 Å². The van der Waals surface area contributed by atoms with Crippen molar-refractivity contribution in [2.75, 3.05) is 25.3 Å². The first kappa shape index (κ1) is 23.2. The Kier molecular flexibility index (Phi) is 8.72. The lowest BCUT2D eigenvalue weighted by molar-refractivity contribution is 0.0453. The minimum Gasteiger partial charge on any atom is -0.317 e. The summed E-state index contributed by atoms with van der Waals surface area (Å²) in [5.41, 5.74) is -0.341. The first-order chi connectivity index (χ1) is 11.4. The Labute approximate surface area is 164 Å². The number of oxime groups is 1. The Morgan fingerprint density at radius 3 is 2.44 bits per heavy atom. The molecule has 1 heterocycles. The minimum atomic E-state index is -2.61. The topological polar surface area (TPSA) is 72.4 Å². The van der Waals surface area contributed by atoms with Crippen LogP contribution >= 0.6 is 30.4 Å². The van der Waals surface area contributed by atoms with Crippen molar-refractivity contribution < 1.29 is 18.7 Å². The van der Waals surface area contributed by atoms with Gasteiger partial charge in [0.05, 0.1) is 19.1 Å². The predicted molar refractivity (Wildman–Crippen MR) is 110 cm³/mol. The molecule has 1 N–H and O–H groups in total. The van der Waals surface area contributed by atoms with Crippen LogP contribution in [0.4, 0.5) is 4.79 Å². The van der Waals surface area contributed by atoms with E-state index in [1.807, 2.05) is 31.1 Å². The third-order valence-corrected chi connectivity index (χ3v) is 9.10. The van der Waals surface area contributed by atoms with Crippen molar-refractivity contribution in [2.24, 2.45) is 10.6 Å². The van der Waals surface area contributed by atoms with Gasteiger partial charge in [0.15, 0.2) is 0 Å². The van der Waals surface area contributed by atoms with Crippen LogP contribution in [0.1, 0.15) is 41.5 Å². The van der Waals surface area contributed by atoms with Crippen LogP contribution in [-0.4, -0.2) is 46.1 Å². The minimum absolute atomic E-state index is 0.0499. The Balaban J connectivity index is 2.64. The second-order valence-electron chi connectivity index (χ2n) is 7.27. The Bertz CT molecular complexity index is 538. The Hall–Kier alpha value is 0.170. The van der Waals surface area contributed by atoms with E-state index < -0.39 is 12.7 Å². The highest BCUT2D eigenvalue weighted by atomic mass is 32.5. The molecule has 7 nitrogen and oxygen atoms in total. The van der Waals surface area contributed by atoms with E-state index >= 15 is 0 Å². The van der Waals surface area contributed by atoms with Gasteiger partial charge in [0, 0.05) is 11.0 Å². The normalized spacial score (nSPS) is 20.4. The van der Waals surface area contributed by atoms with E-state index in [1.54, 1.807) is 6.92 Å². The van der Waals surface area contributed by atoms with Crippen molar-refractivity contribution in [3.05, 3.63) is 0 Å². The third kappa shape index (κ3) is 7.74. The summed E-state index contributed by atoms with van der Waals surface area (Å²) in [5.74, 6) is 0.276. The van der Waals surface area contributed by atoms with E-state index in [0.717, 1.165) is 0 Å². The maximum absolute atomic E-state index is 11.7. The second kappa shape index (κ2) is 9.39. The van der Waals surface area contributed by atoms with Crippen molar-refractivity contribution in [2.45, 2.75) is 47.1 Å². The quantitative estimate of drug-likeness (QED) is 0.131. The molecule has 0 aliphatic carbocycles. The van der Waals surface area contributed by atoms with Gasteiger partial charge in [-0.05, 0) is 57.7 Å². The van der Waals surface area contributed by atoms with E-state index in [1.165, 1.54) is 23.7 Å². The highest BCUT2D eigenvalue weighted by Gasteiger charge is 2.42. The molecule has 1 fully saturated rings. The van der Waals surface area contributed by atoms with Crippen molar-refractivity contribution in [1.29, 1.82) is 0 Å². The zero-order valence-electron chi connectivity index (χ0n) is 15.8. The molecule has 1 saturated heterocycles. The summed E-state index contributed by atoms with van der Waals surface area (Å²) in [5, 5.41) is 7.00. The van der Waals surface area contributed by atoms with E-state index in [4.69, 9.17) is 25.7 Å². The molecule has 1 rings (SSSR count). The molecule has 0 spiro atoms. The largest absolute Gasteiger partial charge is 0.434 e. The molecule has 0 aromatic carbocycles. The molecule has 1 aliphatic rings. The zero-order valence-corrected chi connectivity index (χ0v) is 19.2. The molecule has 146 valence electrons. The number of rotatable bonds is 5. The summed E-state index contributed by atoms with van der Waals surface area (Å²) in [6.45, 7) is 10.5. The first-order valence-corrected chi connectivity index (χ1v) is 12.5. The monoisotopic (exact) mass is 429 g/mol. The number of carbonyl (C=O) groups is 1. The van der Waals surface area contributed by atoms with Crippen molar-refractivity contribution in [3.63, 3.8) is 0 Å². The van der Waals surface area contributed by atoms with Gasteiger partial charge < -0.3 is 14.4 Å². The van der Waals surface area contributed by atoms with Crippen molar-refractivity contribution in [1.82, 2.24) is 9.39 Å². The SMILES string of the molecule is CSC(C)=NOC(=O)NCSN(C(C)(C)C)P1(=S)OCC(C)(C)CO1. The molecule has 0 atom stereocenters. The summed E-state index contributed by atoms with van der Waals surface area (Å²) in [7, 11) is 0. The molecule has 0 bridgehead atoms. The standard InChI is InChI=1S/C14H28N3O4PS3/c1-11(24-7)16-21-12(18)15-10-25-17(13(2,3)4)22(23)19-8-14(5,6)9-20-22/h8-10H2,1-7H3,(H,15,18).